The van der Waals surface area contributed by atoms with Crippen LogP contribution in [0.3, 0.4) is 0 Å². The minimum Gasteiger partial charge on any atom is -0.324 e. The highest BCUT2D eigenvalue weighted by molar-refractivity contribution is 7.99. The lowest BCUT2D eigenvalue weighted by Crippen LogP contribution is -2.40. The molecule has 0 saturated carbocycles. The Bertz CT molecular complexity index is 1370. The van der Waals surface area contributed by atoms with Gasteiger partial charge in [-0.1, -0.05) is 71.9 Å². The molecule has 1 atom stereocenters. The zero-order valence-electron chi connectivity index (χ0n) is 19.5. The number of nitrogens with zero attached hydrogens (tertiary/aromatic N) is 4. The van der Waals surface area contributed by atoms with Crippen molar-refractivity contribution in [3.63, 3.8) is 0 Å². The molecule has 4 aromatic rings. The second-order valence-corrected chi connectivity index (χ2v) is 9.46. The molecule has 1 unspecified atom stereocenters. The van der Waals surface area contributed by atoms with Crippen molar-refractivity contribution >= 4 is 35.0 Å². The summed E-state index contributed by atoms with van der Waals surface area (Å²) in [6.07, 6.45) is 0.239. The van der Waals surface area contributed by atoms with Crippen LogP contribution in [0.5, 0.6) is 0 Å². The first-order valence-corrected chi connectivity index (χ1v) is 12.4. The molecule has 0 aliphatic carbocycles. The summed E-state index contributed by atoms with van der Waals surface area (Å²) >= 11 is 1.34. The van der Waals surface area contributed by atoms with Crippen molar-refractivity contribution < 1.29 is 9.59 Å². The maximum Gasteiger partial charge on any atom is 0.237 e. The number of carbonyl (C=O) groups excluding carboxylic acids is 2. The number of aromatic nitrogens is 3. The quantitative estimate of drug-likeness (QED) is 0.400. The Kier molecular flexibility index (Phi) is 6.37. The van der Waals surface area contributed by atoms with Gasteiger partial charge in [-0.3, -0.25) is 14.2 Å². The number of carbonyl (C=O) groups is 2. The van der Waals surface area contributed by atoms with Gasteiger partial charge in [-0.05, 0) is 38.1 Å². The smallest absolute Gasteiger partial charge is 0.237 e. The second kappa shape index (κ2) is 9.76. The van der Waals surface area contributed by atoms with Crippen LogP contribution in [0, 0.1) is 6.92 Å². The van der Waals surface area contributed by atoms with Crippen LogP contribution < -0.4 is 10.2 Å². The first-order chi connectivity index (χ1) is 17.0. The predicted molar refractivity (Wildman–Crippen MR) is 139 cm³/mol. The normalized spacial score (nSPS) is 15.3. The van der Waals surface area contributed by atoms with Crippen LogP contribution in [0.25, 0.3) is 17.1 Å². The molecule has 2 heterocycles. The molecule has 35 heavy (non-hydrogen) atoms. The maximum atomic E-state index is 13.5. The largest absolute Gasteiger partial charge is 0.324 e. The SMILES string of the molecule is Cc1ccc(-n2c(SCC(=O)N3c4ccccc4NC(=O)CC3C)nnc2-c2ccccc2)cc1. The number of amides is 2. The molecule has 1 aromatic heterocycles. The van der Waals surface area contributed by atoms with E-state index < -0.39 is 0 Å². The van der Waals surface area contributed by atoms with E-state index in [0.29, 0.717) is 22.4 Å². The third-order valence-corrected chi connectivity index (χ3v) is 6.82. The van der Waals surface area contributed by atoms with E-state index in [1.807, 2.05) is 97.3 Å². The molecule has 2 amide bonds. The lowest BCUT2D eigenvalue weighted by molar-refractivity contribution is -0.117. The Morgan fingerprint density at radius 1 is 1.00 bits per heavy atom. The zero-order chi connectivity index (χ0) is 24.4. The fourth-order valence-corrected chi connectivity index (χ4v) is 5.04. The monoisotopic (exact) mass is 483 g/mol. The molecule has 0 fully saturated rings. The Balaban J connectivity index is 1.46. The van der Waals surface area contributed by atoms with E-state index in [0.717, 1.165) is 16.8 Å². The van der Waals surface area contributed by atoms with Crippen LogP contribution in [0.2, 0.25) is 0 Å². The van der Waals surface area contributed by atoms with E-state index in [2.05, 4.69) is 15.5 Å². The van der Waals surface area contributed by atoms with Crippen LogP contribution in [0.15, 0.2) is 84.0 Å². The van der Waals surface area contributed by atoms with Gasteiger partial charge < -0.3 is 10.2 Å². The Morgan fingerprint density at radius 2 is 1.71 bits per heavy atom. The van der Waals surface area contributed by atoms with Gasteiger partial charge in [0.25, 0.3) is 0 Å². The van der Waals surface area contributed by atoms with E-state index in [1.165, 1.54) is 11.8 Å². The first kappa shape index (κ1) is 22.9. The molecule has 0 spiro atoms. The predicted octanol–water partition coefficient (Wildman–Crippen LogP) is 5.10. The highest BCUT2D eigenvalue weighted by Gasteiger charge is 2.30. The number of thioether (sulfide) groups is 1. The Morgan fingerprint density at radius 3 is 2.49 bits per heavy atom. The van der Waals surface area contributed by atoms with Crippen molar-refractivity contribution in [1.82, 2.24) is 14.8 Å². The molecular weight excluding hydrogens is 458 g/mol. The van der Waals surface area contributed by atoms with Gasteiger partial charge in [0, 0.05) is 23.7 Å². The summed E-state index contributed by atoms with van der Waals surface area (Å²) in [6, 6.07) is 25.2. The molecule has 5 rings (SSSR count). The number of aryl methyl sites for hydroxylation is 1. The number of nitrogens with one attached hydrogen (secondary N) is 1. The summed E-state index contributed by atoms with van der Waals surface area (Å²) in [5.41, 5.74) is 4.39. The van der Waals surface area contributed by atoms with Gasteiger partial charge in [0.2, 0.25) is 11.8 Å². The number of para-hydroxylation sites is 2. The molecule has 1 N–H and O–H groups in total. The van der Waals surface area contributed by atoms with Crippen molar-refractivity contribution in [2.75, 3.05) is 16.0 Å². The minimum atomic E-state index is -0.262. The van der Waals surface area contributed by atoms with Gasteiger partial charge in [-0.15, -0.1) is 10.2 Å². The number of hydrogen-bond acceptors (Lipinski definition) is 5. The van der Waals surface area contributed by atoms with Gasteiger partial charge in [0.05, 0.1) is 17.1 Å². The highest BCUT2D eigenvalue weighted by Crippen LogP contribution is 2.33. The minimum absolute atomic E-state index is 0.0915. The van der Waals surface area contributed by atoms with Crippen molar-refractivity contribution in [3.8, 4) is 17.1 Å². The van der Waals surface area contributed by atoms with Gasteiger partial charge in [0.15, 0.2) is 11.0 Å². The Hall–Kier alpha value is -3.91. The van der Waals surface area contributed by atoms with Gasteiger partial charge in [-0.2, -0.15) is 0 Å². The summed E-state index contributed by atoms with van der Waals surface area (Å²) in [7, 11) is 0. The number of hydrogen-bond donors (Lipinski definition) is 1. The van der Waals surface area contributed by atoms with Crippen LogP contribution in [0.4, 0.5) is 11.4 Å². The fourth-order valence-electron chi connectivity index (χ4n) is 4.23. The average molecular weight is 484 g/mol. The van der Waals surface area contributed by atoms with E-state index >= 15 is 0 Å². The van der Waals surface area contributed by atoms with Crippen LogP contribution in [-0.2, 0) is 9.59 Å². The topological polar surface area (TPSA) is 80.1 Å². The zero-order valence-corrected chi connectivity index (χ0v) is 20.3. The first-order valence-electron chi connectivity index (χ1n) is 11.4. The van der Waals surface area contributed by atoms with Crippen molar-refractivity contribution in [1.29, 1.82) is 0 Å². The molecule has 8 heteroatoms. The molecule has 7 nitrogen and oxygen atoms in total. The summed E-state index contributed by atoms with van der Waals surface area (Å²) in [5, 5.41) is 12.4. The number of anilines is 2. The fraction of sp³-hybridized carbons (Fsp3) is 0.185. The third kappa shape index (κ3) is 4.70. The maximum absolute atomic E-state index is 13.5. The lowest BCUT2D eigenvalue weighted by atomic mass is 10.2. The Labute approximate surface area is 208 Å². The number of fused-ring (bicyclic) bond motifs is 1. The van der Waals surface area contributed by atoms with Gasteiger partial charge in [-0.25, -0.2) is 0 Å². The standard InChI is InChI=1S/C27H25N5O2S/c1-18-12-14-21(15-13-18)32-26(20-8-4-3-5-9-20)29-30-27(32)35-17-25(34)31-19(2)16-24(33)28-22-10-6-7-11-23(22)31/h3-15,19H,16-17H2,1-2H3,(H,28,33). The van der Waals surface area contributed by atoms with E-state index in [4.69, 9.17) is 0 Å². The van der Waals surface area contributed by atoms with Gasteiger partial charge in [0.1, 0.15) is 0 Å². The van der Waals surface area contributed by atoms with E-state index in [-0.39, 0.29) is 30.0 Å². The van der Waals surface area contributed by atoms with Crippen molar-refractivity contribution in [2.24, 2.45) is 0 Å². The number of rotatable bonds is 5. The summed E-state index contributed by atoms with van der Waals surface area (Å²) < 4.78 is 1.98. The second-order valence-electron chi connectivity index (χ2n) is 8.51. The molecule has 176 valence electrons. The molecule has 1 aliphatic rings. The van der Waals surface area contributed by atoms with E-state index in [9.17, 15) is 9.59 Å². The number of benzene rings is 3. The van der Waals surface area contributed by atoms with Crippen molar-refractivity contribution in [3.05, 3.63) is 84.4 Å². The van der Waals surface area contributed by atoms with E-state index in [1.54, 1.807) is 4.90 Å². The average Bonchev–Trinajstić information content (AvgIpc) is 3.23. The molecule has 1 aliphatic heterocycles. The summed E-state index contributed by atoms with van der Waals surface area (Å²) in [6.45, 7) is 3.94. The molecule has 0 saturated heterocycles. The summed E-state index contributed by atoms with van der Waals surface area (Å²) in [4.78, 5) is 27.5. The van der Waals surface area contributed by atoms with Crippen LogP contribution in [0.1, 0.15) is 18.9 Å². The lowest BCUT2D eigenvalue weighted by Gasteiger charge is -2.27. The molecular formula is C27H25N5O2S. The molecule has 0 bridgehead atoms. The van der Waals surface area contributed by atoms with Gasteiger partial charge >= 0.3 is 0 Å². The summed E-state index contributed by atoms with van der Waals surface area (Å²) in [5.74, 6) is 0.685. The van der Waals surface area contributed by atoms with Crippen LogP contribution >= 0.6 is 11.8 Å². The molecule has 0 radical (unpaired) electrons. The van der Waals surface area contributed by atoms with Crippen molar-refractivity contribution in [2.45, 2.75) is 31.5 Å². The molecule has 3 aromatic carbocycles. The third-order valence-electron chi connectivity index (χ3n) is 5.91. The van der Waals surface area contributed by atoms with Crippen LogP contribution in [-0.4, -0.2) is 38.4 Å². The highest BCUT2D eigenvalue weighted by atomic mass is 32.2.